The number of H-pyrrole nitrogens is 1. The minimum atomic E-state index is 0.0231. The van der Waals surface area contributed by atoms with Crippen LogP contribution in [0.1, 0.15) is 18.9 Å². The minimum absolute atomic E-state index is 0.0231. The number of nitrogens with zero attached hydrogens (tertiary/aromatic N) is 1. The molecule has 1 N–H and O–H groups in total. The molecule has 0 radical (unpaired) electrons. The highest BCUT2D eigenvalue weighted by molar-refractivity contribution is 9.10. The molecule has 1 aliphatic heterocycles. The molecule has 0 saturated carbocycles. The number of aromatic nitrogens is 2. The maximum atomic E-state index is 12.0. The summed E-state index contributed by atoms with van der Waals surface area (Å²) < 4.78 is 2.93. The summed E-state index contributed by atoms with van der Waals surface area (Å²) >= 11 is 5.40. The van der Waals surface area contributed by atoms with Crippen molar-refractivity contribution in [2.75, 3.05) is 11.5 Å². The summed E-state index contributed by atoms with van der Waals surface area (Å²) in [4.78, 5) is 15.0. The molecular weight excluding hydrogens is 300 g/mol. The van der Waals surface area contributed by atoms with Crippen molar-refractivity contribution < 1.29 is 0 Å². The zero-order valence-corrected chi connectivity index (χ0v) is 11.7. The van der Waals surface area contributed by atoms with Gasteiger partial charge in [0, 0.05) is 10.5 Å². The van der Waals surface area contributed by atoms with Crippen LogP contribution in [0.3, 0.4) is 0 Å². The van der Waals surface area contributed by atoms with Crippen molar-refractivity contribution in [1.29, 1.82) is 0 Å². The number of nitrogens with one attached hydrogen (secondary N) is 1. The van der Waals surface area contributed by atoms with E-state index in [0.29, 0.717) is 6.04 Å². The van der Waals surface area contributed by atoms with Crippen molar-refractivity contribution in [3.8, 4) is 0 Å². The molecule has 1 fully saturated rings. The quantitative estimate of drug-likeness (QED) is 0.878. The molecule has 0 bridgehead atoms. The van der Waals surface area contributed by atoms with E-state index in [1.165, 1.54) is 0 Å². The number of rotatable bonds is 1. The van der Waals surface area contributed by atoms with Crippen LogP contribution in [0.5, 0.6) is 0 Å². The van der Waals surface area contributed by atoms with Gasteiger partial charge in [-0.05, 0) is 42.5 Å². The second-order valence-electron chi connectivity index (χ2n) is 4.31. The van der Waals surface area contributed by atoms with Crippen LogP contribution in [-0.2, 0) is 0 Å². The molecule has 17 heavy (non-hydrogen) atoms. The molecule has 1 aromatic heterocycles. The number of fused-ring (bicyclic) bond motifs is 1. The second-order valence-corrected chi connectivity index (χ2v) is 6.45. The predicted octanol–water partition coefficient (Wildman–Crippen LogP) is 3.16. The summed E-state index contributed by atoms with van der Waals surface area (Å²) in [6.45, 7) is 0. The highest BCUT2D eigenvalue weighted by Gasteiger charge is 2.19. The predicted molar refractivity (Wildman–Crippen MR) is 75.9 cm³/mol. The van der Waals surface area contributed by atoms with Gasteiger partial charge in [0.1, 0.15) is 0 Å². The first-order valence-electron chi connectivity index (χ1n) is 5.73. The summed E-state index contributed by atoms with van der Waals surface area (Å²) in [5.41, 5.74) is 1.97. The van der Waals surface area contributed by atoms with Crippen molar-refractivity contribution in [1.82, 2.24) is 9.55 Å². The van der Waals surface area contributed by atoms with E-state index in [-0.39, 0.29) is 5.69 Å². The van der Waals surface area contributed by atoms with E-state index in [9.17, 15) is 4.79 Å². The number of benzene rings is 1. The summed E-state index contributed by atoms with van der Waals surface area (Å²) in [7, 11) is 0. The van der Waals surface area contributed by atoms with E-state index in [4.69, 9.17) is 0 Å². The first-order valence-corrected chi connectivity index (χ1v) is 7.68. The zero-order chi connectivity index (χ0) is 11.8. The Morgan fingerprint density at radius 3 is 2.88 bits per heavy atom. The molecule has 3 rings (SSSR count). The van der Waals surface area contributed by atoms with Gasteiger partial charge in [-0.15, -0.1) is 0 Å². The maximum absolute atomic E-state index is 12.0. The molecular formula is C12H13BrN2OS. The first-order chi connectivity index (χ1) is 8.25. The number of thioether (sulfide) groups is 1. The second kappa shape index (κ2) is 4.53. The van der Waals surface area contributed by atoms with Gasteiger partial charge in [-0.25, -0.2) is 4.79 Å². The van der Waals surface area contributed by atoms with Crippen molar-refractivity contribution in [3.63, 3.8) is 0 Å². The van der Waals surface area contributed by atoms with E-state index in [1.54, 1.807) is 0 Å². The van der Waals surface area contributed by atoms with Gasteiger partial charge in [-0.1, -0.05) is 15.9 Å². The van der Waals surface area contributed by atoms with Crippen LogP contribution in [0, 0.1) is 0 Å². The summed E-state index contributed by atoms with van der Waals surface area (Å²) in [6.07, 6.45) is 2.18. The normalized spacial score (nSPS) is 17.7. The van der Waals surface area contributed by atoms with Crippen LogP contribution in [0.25, 0.3) is 11.0 Å². The van der Waals surface area contributed by atoms with Crippen LogP contribution < -0.4 is 5.69 Å². The lowest BCUT2D eigenvalue weighted by Gasteiger charge is -2.22. The molecule has 2 aromatic rings. The Kier molecular flexibility index (Phi) is 3.04. The number of hydrogen-bond acceptors (Lipinski definition) is 2. The molecule has 1 saturated heterocycles. The number of hydrogen-bond donors (Lipinski definition) is 1. The van der Waals surface area contributed by atoms with Crippen LogP contribution >= 0.6 is 27.7 Å². The molecule has 5 heteroatoms. The molecule has 1 aromatic carbocycles. The highest BCUT2D eigenvalue weighted by Crippen LogP contribution is 2.29. The third kappa shape index (κ3) is 2.06. The SMILES string of the molecule is O=c1[nH]c2cc(Br)ccc2n1C1CCSCC1. The Bertz CT molecular complexity index is 598. The third-order valence-electron chi connectivity index (χ3n) is 3.23. The van der Waals surface area contributed by atoms with Gasteiger partial charge in [-0.2, -0.15) is 11.8 Å². The van der Waals surface area contributed by atoms with E-state index >= 15 is 0 Å². The summed E-state index contributed by atoms with van der Waals surface area (Å²) in [5, 5.41) is 0. The molecule has 0 aliphatic carbocycles. The fourth-order valence-corrected chi connectivity index (χ4v) is 3.85. The van der Waals surface area contributed by atoms with E-state index < -0.39 is 0 Å². The maximum Gasteiger partial charge on any atom is 0.326 e. The van der Waals surface area contributed by atoms with Crippen LogP contribution in [0.4, 0.5) is 0 Å². The van der Waals surface area contributed by atoms with Crippen molar-refractivity contribution in [3.05, 3.63) is 33.2 Å². The molecule has 2 heterocycles. The van der Waals surface area contributed by atoms with Gasteiger partial charge < -0.3 is 4.98 Å². The first kappa shape index (κ1) is 11.4. The molecule has 3 nitrogen and oxygen atoms in total. The molecule has 0 atom stereocenters. The Balaban J connectivity index is 2.14. The lowest BCUT2D eigenvalue weighted by Crippen LogP contribution is -2.25. The average molecular weight is 313 g/mol. The summed E-state index contributed by atoms with van der Waals surface area (Å²) in [6, 6.07) is 6.33. The molecule has 0 amide bonds. The van der Waals surface area contributed by atoms with Gasteiger partial charge in [-0.3, -0.25) is 4.57 Å². The number of aromatic amines is 1. The molecule has 90 valence electrons. The van der Waals surface area contributed by atoms with Gasteiger partial charge in [0.2, 0.25) is 0 Å². The largest absolute Gasteiger partial charge is 0.326 e. The average Bonchev–Trinajstić information content (AvgIpc) is 2.65. The van der Waals surface area contributed by atoms with Gasteiger partial charge in [0.05, 0.1) is 11.0 Å². The third-order valence-corrected chi connectivity index (χ3v) is 4.78. The fourth-order valence-electron chi connectivity index (χ4n) is 2.41. The van der Waals surface area contributed by atoms with E-state index in [2.05, 4.69) is 20.9 Å². The smallest absolute Gasteiger partial charge is 0.305 e. The van der Waals surface area contributed by atoms with Crippen LogP contribution in [0.2, 0.25) is 0 Å². The summed E-state index contributed by atoms with van der Waals surface area (Å²) in [5.74, 6) is 2.31. The zero-order valence-electron chi connectivity index (χ0n) is 9.28. The van der Waals surface area contributed by atoms with E-state index in [1.807, 2.05) is 34.5 Å². The number of halogens is 1. The van der Waals surface area contributed by atoms with Gasteiger partial charge in [0.15, 0.2) is 0 Å². The minimum Gasteiger partial charge on any atom is -0.305 e. The standard InChI is InChI=1S/C12H13BrN2OS/c13-8-1-2-11-10(7-8)14-12(16)15(11)9-3-5-17-6-4-9/h1-2,7,9H,3-6H2,(H,14,16). The highest BCUT2D eigenvalue weighted by atomic mass is 79.9. The lowest BCUT2D eigenvalue weighted by atomic mass is 10.1. The fraction of sp³-hybridized carbons (Fsp3) is 0.417. The van der Waals surface area contributed by atoms with Gasteiger partial charge in [0.25, 0.3) is 0 Å². The lowest BCUT2D eigenvalue weighted by molar-refractivity contribution is 0.469. The van der Waals surface area contributed by atoms with Crippen molar-refractivity contribution in [2.24, 2.45) is 0 Å². The van der Waals surface area contributed by atoms with Gasteiger partial charge >= 0.3 is 5.69 Å². The van der Waals surface area contributed by atoms with Crippen LogP contribution in [0.15, 0.2) is 27.5 Å². The van der Waals surface area contributed by atoms with Crippen molar-refractivity contribution in [2.45, 2.75) is 18.9 Å². The Morgan fingerprint density at radius 1 is 1.35 bits per heavy atom. The monoisotopic (exact) mass is 312 g/mol. The van der Waals surface area contributed by atoms with E-state index in [0.717, 1.165) is 39.9 Å². The molecule has 1 aliphatic rings. The van der Waals surface area contributed by atoms with Crippen LogP contribution in [-0.4, -0.2) is 21.1 Å². The van der Waals surface area contributed by atoms with Crippen molar-refractivity contribution >= 4 is 38.7 Å². The Labute approximate surface area is 112 Å². The molecule has 0 unspecified atom stereocenters. The Morgan fingerprint density at radius 2 is 2.12 bits per heavy atom. The Hall–Kier alpha value is -0.680. The number of imidazole rings is 1. The topological polar surface area (TPSA) is 37.8 Å². The molecule has 0 spiro atoms.